The first-order chi connectivity index (χ1) is 15.8. The molecule has 33 heavy (non-hydrogen) atoms. The van der Waals surface area contributed by atoms with Gasteiger partial charge in [0.2, 0.25) is 5.91 Å². The lowest BCUT2D eigenvalue weighted by molar-refractivity contribution is -0.117. The van der Waals surface area contributed by atoms with E-state index in [1.807, 2.05) is 63.5 Å². The zero-order valence-corrected chi connectivity index (χ0v) is 19.4. The van der Waals surface area contributed by atoms with Gasteiger partial charge in [-0.1, -0.05) is 18.2 Å². The average Bonchev–Trinajstić information content (AvgIpc) is 3.33. The molecule has 1 atom stereocenters. The molecule has 172 valence electrons. The molecular formula is C26H29N3O4. The number of hydrogen-bond acceptors (Lipinski definition) is 5. The summed E-state index contributed by atoms with van der Waals surface area (Å²) < 4.78 is 11.2. The smallest absolute Gasteiger partial charge is 0.294 e. The fourth-order valence-electron chi connectivity index (χ4n) is 4.10. The van der Waals surface area contributed by atoms with Crippen molar-refractivity contribution < 1.29 is 18.7 Å². The number of fused-ring (bicyclic) bond motifs is 1. The Labute approximate surface area is 194 Å². The molecule has 1 aliphatic rings. The minimum absolute atomic E-state index is 0.0548. The molecule has 0 unspecified atom stereocenters. The molecule has 7 nitrogen and oxygen atoms in total. The van der Waals surface area contributed by atoms with E-state index in [9.17, 15) is 9.59 Å². The number of rotatable bonds is 6. The van der Waals surface area contributed by atoms with Gasteiger partial charge in [0.1, 0.15) is 12.4 Å². The van der Waals surface area contributed by atoms with Gasteiger partial charge in [-0.15, -0.1) is 0 Å². The van der Waals surface area contributed by atoms with Crippen molar-refractivity contribution in [3.05, 3.63) is 66.6 Å². The van der Waals surface area contributed by atoms with Crippen LogP contribution in [0.15, 0.2) is 65.3 Å². The van der Waals surface area contributed by atoms with E-state index < -0.39 is 0 Å². The highest BCUT2D eigenvalue weighted by Crippen LogP contribution is 2.39. The van der Waals surface area contributed by atoms with Crippen molar-refractivity contribution >= 4 is 23.2 Å². The van der Waals surface area contributed by atoms with Crippen LogP contribution in [-0.4, -0.2) is 56.5 Å². The quantitative estimate of drug-likeness (QED) is 0.564. The van der Waals surface area contributed by atoms with Crippen LogP contribution in [0.25, 0.3) is 11.1 Å². The number of carbonyl (C=O) groups excluding carboxylic acids is 2. The van der Waals surface area contributed by atoms with E-state index in [1.54, 1.807) is 28.9 Å². The zero-order chi connectivity index (χ0) is 23.5. The molecule has 4 rings (SSSR count). The molecular weight excluding hydrogens is 418 g/mol. The van der Waals surface area contributed by atoms with Crippen LogP contribution in [0.4, 0.5) is 11.4 Å². The number of carbonyl (C=O) groups is 2. The number of ether oxygens (including phenoxy) is 1. The highest BCUT2D eigenvalue weighted by atomic mass is 16.5. The lowest BCUT2D eigenvalue weighted by Crippen LogP contribution is -2.51. The Morgan fingerprint density at radius 1 is 1.06 bits per heavy atom. The summed E-state index contributed by atoms with van der Waals surface area (Å²) in [6, 6.07) is 16.9. The summed E-state index contributed by atoms with van der Waals surface area (Å²) >= 11 is 0. The summed E-state index contributed by atoms with van der Waals surface area (Å²) in [6.07, 6.45) is 1.49. The number of nitrogens with zero attached hydrogens (tertiary/aromatic N) is 3. The molecule has 2 aromatic carbocycles. The van der Waals surface area contributed by atoms with Crippen LogP contribution in [0.5, 0.6) is 5.75 Å². The van der Waals surface area contributed by atoms with Crippen LogP contribution in [0.1, 0.15) is 24.4 Å². The summed E-state index contributed by atoms with van der Waals surface area (Å²) in [5, 5.41) is 0. The molecule has 2 heterocycles. The van der Waals surface area contributed by atoms with Gasteiger partial charge in [-0.2, -0.15) is 0 Å². The maximum absolute atomic E-state index is 13.2. The van der Waals surface area contributed by atoms with Crippen molar-refractivity contribution in [1.29, 1.82) is 0 Å². The van der Waals surface area contributed by atoms with Gasteiger partial charge in [-0.25, -0.2) is 0 Å². The normalized spacial score (nSPS) is 15.5. The molecule has 0 saturated heterocycles. The van der Waals surface area contributed by atoms with E-state index in [1.165, 1.54) is 6.26 Å². The molecule has 2 amide bonds. The molecule has 0 bridgehead atoms. The standard InChI is InChI=1S/C26H29N3O4/c1-18-17-28(26(31)25-6-5-14-33-25)24-16-21(9-12-23(24)29(18)19(2)30)20-7-10-22(11-8-20)32-15-13-27(3)4/h5-12,14,16,18H,13,15,17H2,1-4H3/t18-/m0/s1. The van der Waals surface area contributed by atoms with Crippen molar-refractivity contribution in [2.75, 3.05) is 43.6 Å². The lowest BCUT2D eigenvalue weighted by atomic mass is 10.00. The van der Waals surface area contributed by atoms with E-state index in [4.69, 9.17) is 9.15 Å². The third kappa shape index (κ3) is 4.78. The molecule has 0 spiro atoms. The van der Waals surface area contributed by atoms with E-state index in [2.05, 4.69) is 4.90 Å². The second kappa shape index (κ2) is 9.50. The Morgan fingerprint density at radius 3 is 2.42 bits per heavy atom. The fourth-order valence-corrected chi connectivity index (χ4v) is 4.10. The van der Waals surface area contributed by atoms with Gasteiger partial charge >= 0.3 is 0 Å². The first-order valence-electron chi connectivity index (χ1n) is 11.0. The van der Waals surface area contributed by atoms with Crippen LogP contribution in [0, 0.1) is 0 Å². The SMILES string of the molecule is CC(=O)N1c2ccc(-c3ccc(OCCN(C)C)cc3)cc2N(C(=O)c2ccco2)C[C@@H]1C. The molecule has 1 aromatic heterocycles. The van der Waals surface area contributed by atoms with Crippen molar-refractivity contribution in [1.82, 2.24) is 4.90 Å². The zero-order valence-electron chi connectivity index (χ0n) is 19.4. The van der Waals surface area contributed by atoms with Crippen LogP contribution < -0.4 is 14.5 Å². The van der Waals surface area contributed by atoms with E-state index in [0.29, 0.717) is 24.5 Å². The number of benzene rings is 2. The number of likely N-dealkylation sites (N-methyl/N-ethyl adjacent to an activating group) is 1. The summed E-state index contributed by atoms with van der Waals surface area (Å²) in [5.41, 5.74) is 3.35. The molecule has 0 fully saturated rings. The molecule has 0 aliphatic carbocycles. The minimum Gasteiger partial charge on any atom is -0.492 e. The second-order valence-electron chi connectivity index (χ2n) is 8.51. The summed E-state index contributed by atoms with van der Waals surface area (Å²) in [5.74, 6) is 0.803. The summed E-state index contributed by atoms with van der Waals surface area (Å²) in [4.78, 5) is 31.1. The monoisotopic (exact) mass is 447 g/mol. The van der Waals surface area contributed by atoms with Crippen molar-refractivity contribution in [2.24, 2.45) is 0 Å². The Morgan fingerprint density at radius 2 is 1.79 bits per heavy atom. The number of hydrogen-bond donors (Lipinski definition) is 0. The molecule has 0 radical (unpaired) electrons. The van der Waals surface area contributed by atoms with Crippen molar-refractivity contribution in [3.8, 4) is 16.9 Å². The topological polar surface area (TPSA) is 66.2 Å². The van der Waals surface area contributed by atoms with Gasteiger partial charge in [0.25, 0.3) is 5.91 Å². The van der Waals surface area contributed by atoms with Crippen molar-refractivity contribution in [2.45, 2.75) is 19.9 Å². The Bertz CT molecular complexity index is 1120. The van der Waals surface area contributed by atoms with Crippen LogP contribution in [-0.2, 0) is 4.79 Å². The number of amides is 2. The van der Waals surface area contributed by atoms with Gasteiger partial charge in [0, 0.05) is 20.0 Å². The number of furan rings is 1. The van der Waals surface area contributed by atoms with Crippen molar-refractivity contribution in [3.63, 3.8) is 0 Å². The highest BCUT2D eigenvalue weighted by molar-refractivity contribution is 6.10. The molecule has 1 aliphatic heterocycles. The Hall–Kier alpha value is -3.58. The maximum Gasteiger partial charge on any atom is 0.294 e. The largest absolute Gasteiger partial charge is 0.492 e. The van der Waals surface area contributed by atoms with E-state index in [-0.39, 0.29) is 23.6 Å². The van der Waals surface area contributed by atoms with Crippen LogP contribution in [0.3, 0.4) is 0 Å². The first-order valence-corrected chi connectivity index (χ1v) is 11.0. The van der Waals surface area contributed by atoms with E-state index in [0.717, 1.165) is 23.4 Å². The summed E-state index contributed by atoms with van der Waals surface area (Å²) in [6.45, 7) is 5.34. The van der Waals surface area contributed by atoms with Gasteiger partial charge in [0.05, 0.1) is 23.7 Å². The minimum atomic E-state index is -0.224. The molecule has 0 saturated carbocycles. The predicted molar refractivity (Wildman–Crippen MR) is 129 cm³/mol. The Kier molecular flexibility index (Phi) is 6.51. The third-order valence-corrected chi connectivity index (χ3v) is 5.72. The van der Waals surface area contributed by atoms with Gasteiger partial charge in [-0.3, -0.25) is 9.59 Å². The maximum atomic E-state index is 13.2. The van der Waals surface area contributed by atoms with E-state index >= 15 is 0 Å². The van der Waals surface area contributed by atoms with Gasteiger partial charge in [0.15, 0.2) is 5.76 Å². The highest BCUT2D eigenvalue weighted by Gasteiger charge is 2.34. The molecule has 0 N–H and O–H groups in total. The molecule has 3 aromatic rings. The van der Waals surface area contributed by atoms with Crippen LogP contribution in [0.2, 0.25) is 0 Å². The van der Waals surface area contributed by atoms with Crippen LogP contribution >= 0.6 is 0 Å². The number of anilines is 2. The summed E-state index contributed by atoms with van der Waals surface area (Å²) in [7, 11) is 4.02. The van der Waals surface area contributed by atoms with Gasteiger partial charge in [-0.05, 0) is 68.5 Å². The third-order valence-electron chi connectivity index (χ3n) is 5.72. The molecule has 7 heteroatoms. The lowest BCUT2D eigenvalue weighted by Gasteiger charge is -2.40. The second-order valence-corrected chi connectivity index (χ2v) is 8.51. The fraction of sp³-hybridized carbons (Fsp3) is 0.308. The first kappa shape index (κ1) is 22.6. The average molecular weight is 448 g/mol. The van der Waals surface area contributed by atoms with Gasteiger partial charge < -0.3 is 23.9 Å². The Balaban J connectivity index is 1.67. The predicted octanol–water partition coefficient (Wildman–Crippen LogP) is 4.29.